The Morgan fingerprint density at radius 1 is 1.23 bits per heavy atom. The van der Waals surface area contributed by atoms with Gasteiger partial charge >= 0.3 is 12.2 Å². The third-order valence-electron chi connectivity index (χ3n) is 8.18. The molecule has 0 bridgehead atoms. The van der Waals surface area contributed by atoms with Gasteiger partial charge in [-0.25, -0.2) is 19.2 Å². The third kappa shape index (κ3) is 7.29. The van der Waals surface area contributed by atoms with Gasteiger partial charge in [-0.3, -0.25) is 0 Å². The summed E-state index contributed by atoms with van der Waals surface area (Å²) in [6.45, 7) is 3.58. The monoisotopic (exact) mass is 836 g/mol. The minimum atomic E-state index is -4.64. The minimum absolute atomic E-state index is 0. The molecule has 3 N–H and O–H groups in total. The van der Waals surface area contributed by atoms with Crippen LogP contribution < -0.4 is 10.6 Å². The molecule has 1 saturated carbocycles. The van der Waals surface area contributed by atoms with E-state index in [-0.39, 0.29) is 84.2 Å². The largest absolute Gasteiger partial charge is 0.479 e. The number of anilines is 1. The van der Waals surface area contributed by atoms with Crippen LogP contribution in [0.3, 0.4) is 0 Å². The first-order chi connectivity index (χ1) is 19.9. The fourth-order valence-corrected chi connectivity index (χ4v) is 6.19. The topological polar surface area (TPSA) is 87.7 Å². The standard InChI is InChI=1S/C22H23F5N4O2.C7H11FN.U/c1-10-7-11(28)8-14(17(10)22(25,26)27)12-3-4-13-19(18(12)24)29-21(32)30-20(13)31(5-6-33-2)16-9-15(16)23;8-6-4-7-2-1-3-9(7)5-6;/h3-4,7-8,10,15-17H,5-6,9,28H2,1-2H3,(H,29,30,32);6H,1-5H2;/q;-1;/t10?,15-,16-,17?;6-;/m11./s1. The number of nitrogens with zero attached hydrogens (tertiary/aromatic N) is 4. The number of nitrogens with two attached hydrogens (primary N) is 1. The van der Waals surface area contributed by atoms with Crippen molar-refractivity contribution in [2.24, 2.45) is 17.6 Å². The SMILES string of the molecule is COCCN(c1nc(O)nc2c(F)c(C3=CC(N)=CC(C)C3C(F)(F)F)ccc12)[C@@H]1C[C@H]1F.F[C@@H]1C[C-]2CCCN2C1.[U]. The number of hydrogen-bond donors (Lipinski definition) is 2. The molecule has 7 nitrogen and oxygen atoms in total. The predicted molar refractivity (Wildman–Crippen MR) is 146 cm³/mol. The Bertz CT molecular complexity index is 1360. The molecule has 0 spiro atoms. The van der Waals surface area contributed by atoms with Gasteiger partial charge in [0.2, 0.25) is 0 Å². The van der Waals surface area contributed by atoms with Gasteiger partial charge in [-0.05, 0) is 36.7 Å². The first-order valence-electron chi connectivity index (χ1n) is 14.0. The Morgan fingerprint density at radius 2 is 1.95 bits per heavy atom. The van der Waals surface area contributed by atoms with Crippen LogP contribution >= 0.6 is 0 Å². The summed E-state index contributed by atoms with van der Waals surface area (Å²) in [5, 5.41) is 10.2. The second-order valence-corrected chi connectivity index (χ2v) is 11.2. The summed E-state index contributed by atoms with van der Waals surface area (Å²) in [4.78, 5) is 11.5. The first-order valence-corrected chi connectivity index (χ1v) is 14.0. The van der Waals surface area contributed by atoms with Gasteiger partial charge in [-0.15, -0.1) is 6.42 Å². The van der Waals surface area contributed by atoms with E-state index < -0.39 is 48.2 Å². The number of alkyl halides is 5. The molecule has 0 radical (unpaired) electrons. The summed E-state index contributed by atoms with van der Waals surface area (Å²) >= 11 is 0. The molecule has 2 saturated heterocycles. The van der Waals surface area contributed by atoms with Gasteiger partial charge in [0.05, 0.1) is 24.7 Å². The van der Waals surface area contributed by atoms with Crippen molar-refractivity contribution in [3.8, 4) is 6.01 Å². The normalized spacial score (nSPS) is 27.1. The Labute approximate surface area is 269 Å². The third-order valence-corrected chi connectivity index (χ3v) is 8.18. The first kappa shape index (κ1) is 33.9. The molecule has 1 aromatic carbocycles. The molecule has 4 aliphatic rings. The van der Waals surface area contributed by atoms with Crippen molar-refractivity contribution >= 4 is 22.3 Å². The molecule has 2 aliphatic heterocycles. The Kier molecular flexibility index (Phi) is 10.7. The van der Waals surface area contributed by atoms with Gasteiger partial charge in [0.25, 0.3) is 0 Å². The second kappa shape index (κ2) is 13.5. The summed E-state index contributed by atoms with van der Waals surface area (Å²) < 4.78 is 88.6. The number of methoxy groups -OCH3 is 1. The van der Waals surface area contributed by atoms with Gasteiger partial charge < -0.3 is 25.4 Å². The fourth-order valence-electron chi connectivity index (χ4n) is 6.19. The summed E-state index contributed by atoms with van der Waals surface area (Å²) in [6.07, 6.45) is -0.559. The maximum Gasteiger partial charge on any atom is 0.396 e. The second-order valence-electron chi connectivity index (χ2n) is 11.2. The molecule has 2 unspecified atom stereocenters. The Hall–Kier alpha value is -2.01. The van der Waals surface area contributed by atoms with E-state index in [9.17, 15) is 27.1 Å². The van der Waals surface area contributed by atoms with Crippen LogP contribution in [0.1, 0.15) is 38.2 Å². The van der Waals surface area contributed by atoms with E-state index >= 15 is 4.39 Å². The van der Waals surface area contributed by atoms with E-state index in [1.807, 2.05) is 0 Å². The average molecular weight is 837 g/mol. The van der Waals surface area contributed by atoms with Gasteiger partial charge in [0.1, 0.15) is 17.5 Å². The van der Waals surface area contributed by atoms with Crippen molar-refractivity contribution in [2.75, 3.05) is 38.3 Å². The van der Waals surface area contributed by atoms with Gasteiger partial charge in [0.15, 0.2) is 5.82 Å². The number of benzene rings is 1. The van der Waals surface area contributed by atoms with Crippen molar-refractivity contribution in [1.82, 2.24) is 14.9 Å². The molecule has 234 valence electrons. The Morgan fingerprint density at radius 3 is 2.58 bits per heavy atom. The van der Waals surface area contributed by atoms with Crippen molar-refractivity contribution in [3.63, 3.8) is 0 Å². The molecule has 6 rings (SSSR count). The van der Waals surface area contributed by atoms with Crippen LogP contribution in [0.15, 0.2) is 30.0 Å². The smallest absolute Gasteiger partial charge is 0.396 e. The molecule has 2 aromatic rings. The van der Waals surface area contributed by atoms with Crippen molar-refractivity contribution < 1.29 is 67.3 Å². The molecule has 5 atom stereocenters. The van der Waals surface area contributed by atoms with E-state index in [0.29, 0.717) is 6.54 Å². The summed E-state index contributed by atoms with van der Waals surface area (Å²) in [7, 11) is 1.47. The molecule has 43 heavy (non-hydrogen) atoms. The van der Waals surface area contributed by atoms with Crippen LogP contribution in [0.5, 0.6) is 6.01 Å². The number of halogens is 6. The zero-order chi connectivity index (χ0) is 30.3. The van der Waals surface area contributed by atoms with E-state index in [1.54, 1.807) is 4.90 Å². The maximum atomic E-state index is 15.7. The molecule has 3 heterocycles. The van der Waals surface area contributed by atoms with Crippen LogP contribution in [0.4, 0.5) is 32.2 Å². The predicted octanol–water partition coefficient (Wildman–Crippen LogP) is 5.45. The molecular weight excluding hydrogens is 802 g/mol. The van der Waals surface area contributed by atoms with Crippen LogP contribution in [-0.2, 0) is 4.74 Å². The average Bonchev–Trinajstić information content (AvgIpc) is 3.27. The van der Waals surface area contributed by atoms with E-state index in [1.165, 1.54) is 44.7 Å². The van der Waals surface area contributed by atoms with Crippen molar-refractivity contribution in [2.45, 2.75) is 57.2 Å². The van der Waals surface area contributed by atoms with E-state index in [0.717, 1.165) is 25.5 Å². The van der Waals surface area contributed by atoms with Crippen LogP contribution in [0, 0.1) is 54.8 Å². The number of rotatable bonds is 6. The molecule has 2 aliphatic carbocycles. The van der Waals surface area contributed by atoms with Gasteiger partial charge in [-0.2, -0.15) is 29.6 Å². The summed E-state index contributed by atoms with van der Waals surface area (Å²) in [5.74, 6) is -3.94. The van der Waals surface area contributed by atoms with Crippen LogP contribution in [0.2, 0.25) is 0 Å². The number of aromatic nitrogens is 2. The summed E-state index contributed by atoms with van der Waals surface area (Å²) in [5.41, 5.74) is 4.87. The molecule has 1 aromatic heterocycles. The van der Waals surface area contributed by atoms with E-state index in [4.69, 9.17) is 10.5 Å². The molecule has 3 fully saturated rings. The maximum absolute atomic E-state index is 15.7. The van der Waals surface area contributed by atoms with Gasteiger partial charge in [-0.1, -0.05) is 25.5 Å². The zero-order valence-corrected chi connectivity index (χ0v) is 28.0. The van der Waals surface area contributed by atoms with Crippen molar-refractivity contribution in [1.29, 1.82) is 0 Å². The Balaban J connectivity index is 0.000000358. The van der Waals surface area contributed by atoms with Crippen LogP contribution in [-0.4, -0.2) is 77.9 Å². The quantitative estimate of drug-likeness (QED) is 0.296. The number of hydrogen-bond acceptors (Lipinski definition) is 7. The number of aromatic hydroxyl groups is 1. The minimum Gasteiger partial charge on any atom is -0.479 e. The molecular formula is C29H34F6N5O2U-. The van der Waals surface area contributed by atoms with Crippen LogP contribution in [0.25, 0.3) is 16.5 Å². The molecule has 0 amide bonds. The number of ether oxygens (including phenoxy) is 1. The number of allylic oxidation sites excluding steroid dienone is 3. The molecule has 14 heteroatoms. The van der Waals surface area contributed by atoms with Crippen molar-refractivity contribution in [3.05, 3.63) is 47.4 Å². The van der Waals surface area contributed by atoms with Gasteiger partial charge in [0, 0.05) is 67.8 Å². The number of fused-ring (bicyclic) bond motifs is 2. The van der Waals surface area contributed by atoms with E-state index in [2.05, 4.69) is 14.9 Å². The zero-order valence-electron chi connectivity index (χ0n) is 23.8. The summed E-state index contributed by atoms with van der Waals surface area (Å²) in [6, 6.07) is 2.66. The fraction of sp³-hybridized carbons (Fsp3) is 0.552.